The number of anilines is 1. The van der Waals surface area contributed by atoms with Crippen molar-refractivity contribution < 1.29 is 14.7 Å². The van der Waals surface area contributed by atoms with E-state index in [1.807, 2.05) is 24.3 Å². The number of nitrogens with one attached hydrogen (secondary N) is 1. The summed E-state index contributed by atoms with van der Waals surface area (Å²) in [4.78, 5) is 23.6. The van der Waals surface area contributed by atoms with Crippen molar-refractivity contribution in [3.05, 3.63) is 71.8 Å². The van der Waals surface area contributed by atoms with Gasteiger partial charge in [0.25, 0.3) is 5.91 Å². The zero-order valence-electron chi connectivity index (χ0n) is 12.5. The first-order valence-corrected chi connectivity index (χ1v) is 7.19. The largest absolute Gasteiger partial charge is 0.507 e. The van der Waals surface area contributed by atoms with Gasteiger partial charge in [-0.25, -0.2) is 0 Å². The molecule has 0 aliphatic carbocycles. The maximum atomic E-state index is 12.4. The second-order valence-electron chi connectivity index (χ2n) is 5.30. The van der Waals surface area contributed by atoms with E-state index in [0.717, 1.165) is 10.8 Å². The normalized spacial score (nSPS) is 10.5. The highest BCUT2D eigenvalue weighted by molar-refractivity contribution is 6.08. The highest BCUT2D eigenvalue weighted by atomic mass is 16.3. The van der Waals surface area contributed by atoms with Crippen LogP contribution in [0.25, 0.3) is 10.8 Å². The summed E-state index contributed by atoms with van der Waals surface area (Å²) in [5.74, 6) is -0.500. The summed E-state index contributed by atoms with van der Waals surface area (Å²) in [7, 11) is 0. The van der Waals surface area contributed by atoms with E-state index in [2.05, 4.69) is 5.32 Å². The Labute approximate surface area is 133 Å². The van der Waals surface area contributed by atoms with E-state index in [4.69, 9.17) is 0 Å². The molecule has 3 aromatic rings. The molecule has 114 valence electrons. The minimum Gasteiger partial charge on any atom is -0.507 e. The first-order chi connectivity index (χ1) is 11.0. The van der Waals surface area contributed by atoms with Crippen LogP contribution in [0, 0.1) is 0 Å². The standard InChI is InChI=1S/C19H15NO3/c1-12(21)13-6-8-16(9-7-13)20-19(23)17-10-14-4-2-3-5-15(14)11-18(17)22/h2-11,22H,1H3,(H,20,23). The van der Waals surface area contributed by atoms with Gasteiger partial charge in [-0.3, -0.25) is 9.59 Å². The summed E-state index contributed by atoms with van der Waals surface area (Å²) in [5, 5.41) is 14.5. The number of carbonyl (C=O) groups excluding carboxylic acids is 2. The number of benzene rings is 3. The van der Waals surface area contributed by atoms with Crippen LogP contribution in [0.4, 0.5) is 5.69 Å². The maximum Gasteiger partial charge on any atom is 0.259 e. The Morgan fingerprint density at radius 3 is 2.13 bits per heavy atom. The van der Waals surface area contributed by atoms with Gasteiger partial charge in [0.1, 0.15) is 5.75 Å². The molecule has 0 radical (unpaired) electrons. The van der Waals surface area contributed by atoms with E-state index in [-0.39, 0.29) is 17.1 Å². The number of aromatic hydroxyl groups is 1. The Balaban J connectivity index is 1.88. The Morgan fingerprint density at radius 2 is 1.52 bits per heavy atom. The van der Waals surface area contributed by atoms with E-state index >= 15 is 0 Å². The number of ketones is 1. The number of fused-ring (bicyclic) bond motifs is 1. The van der Waals surface area contributed by atoms with Crippen LogP contribution in [0.5, 0.6) is 5.75 Å². The van der Waals surface area contributed by atoms with Gasteiger partial charge in [-0.1, -0.05) is 24.3 Å². The van der Waals surface area contributed by atoms with E-state index in [1.54, 1.807) is 36.4 Å². The third-order valence-electron chi connectivity index (χ3n) is 3.66. The third kappa shape index (κ3) is 3.06. The quantitative estimate of drug-likeness (QED) is 0.719. The molecule has 1 amide bonds. The molecule has 0 spiro atoms. The van der Waals surface area contributed by atoms with Crippen molar-refractivity contribution in [2.45, 2.75) is 6.92 Å². The molecular formula is C19H15NO3. The van der Waals surface area contributed by atoms with Crippen molar-refractivity contribution in [3.63, 3.8) is 0 Å². The van der Waals surface area contributed by atoms with Crippen LogP contribution in [0.15, 0.2) is 60.7 Å². The molecule has 3 aromatic carbocycles. The first-order valence-electron chi connectivity index (χ1n) is 7.19. The van der Waals surface area contributed by atoms with Crippen molar-refractivity contribution in [3.8, 4) is 5.75 Å². The Kier molecular flexibility index (Phi) is 3.81. The second-order valence-corrected chi connectivity index (χ2v) is 5.30. The lowest BCUT2D eigenvalue weighted by molar-refractivity contribution is 0.101. The van der Waals surface area contributed by atoms with Crippen molar-refractivity contribution >= 4 is 28.2 Å². The summed E-state index contributed by atoms with van der Waals surface area (Å²) in [5.41, 5.74) is 1.35. The average Bonchev–Trinajstić information content (AvgIpc) is 2.54. The number of Topliss-reactive ketones (excluding diaryl/α,β-unsaturated/α-hetero) is 1. The van der Waals surface area contributed by atoms with Gasteiger partial charge in [0.15, 0.2) is 5.78 Å². The highest BCUT2D eigenvalue weighted by Crippen LogP contribution is 2.25. The fourth-order valence-corrected chi connectivity index (χ4v) is 2.40. The minimum atomic E-state index is -0.399. The summed E-state index contributed by atoms with van der Waals surface area (Å²) >= 11 is 0. The molecule has 0 atom stereocenters. The van der Waals surface area contributed by atoms with Gasteiger partial charge < -0.3 is 10.4 Å². The molecule has 0 saturated carbocycles. The molecule has 4 heteroatoms. The van der Waals surface area contributed by atoms with Crippen molar-refractivity contribution in [1.29, 1.82) is 0 Å². The number of rotatable bonds is 3. The smallest absolute Gasteiger partial charge is 0.259 e. The fraction of sp³-hybridized carbons (Fsp3) is 0.0526. The lowest BCUT2D eigenvalue weighted by atomic mass is 10.1. The van der Waals surface area contributed by atoms with Crippen LogP contribution in [-0.4, -0.2) is 16.8 Å². The van der Waals surface area contributed by atoms with Gasteiger partial charge in [0.2, 0.25) is 0 Å². The molecule has 0 unspecified atom stereocenters. The van der Waals surface area contributed by atoms with E-state index < -0.39 is 5.91 Å². The first kappa shape index (κ1) is 14.8. The van der Waals surface area contributed by atoms with Gasteiger partial charge in [-0.2, -0.15) is 0 Å². The van der Waals surface area contributed by atoms with Gasteiger partial charge >= 0.3 is 0 Å². The van der Waals surface area contributed by atoms with Gasteiger partial charge in [-0.05, 0) is 54.1 Å². The molecule has 0 aliphatic rings. The maximum absolute atomic E-state index is 12.4. The van der Waals surface area contributed by atoms with Crippen molar-refractivity contribution in [1.82, 2.24) is 0 Å². The van der Waals surface area contributed by atoms with Gasteiger partial charge in [0, 0.05) is 11.3 Å². The average molecular weight is 305 g/mol. The molecular weight excluding hydrogens is 290 g/mol. The van der Waals surface area contributed by atoms with Gasteiger partial charge in [0.05, 0.1) is 5.56 Å². The minimum absolute atomic E-state index is 0.0324. The second kappa shape index (κ2) is 5.93. The van der Waals surface area contributed by atoms with E-state index in [1.165, 1.54) is 6.92 Å². The molecule has 0 bridgehead atoms. The van der Waals surface area contributed by atoms with Crippen LogP contribution in [-0.2, 0) is 0 Å². The van der Waals surface area contributed by atoms with Crippen LogP contribution >= 0.6 is 0 Å². The molecule has 0 fully saturated rings. The van der Waals surface area contributed by atoms with Crippen LogP contribution in [0.2, 0.25) is 0 Å². The Hall–Kier alpha value is -3.14. The lowest BCUT2D eigenvalue weighted by Crippen LogP contribution is -2.12. The highest BCUT2D eigenvalue weighted by Gasteiger charge is 2.13. The molecule has 23 heavy (non-hydrogen) atoms. The lowest BCUT2D eigenvalue weighted by Gasteiger charge is -2.09. The number of hydrogen-bond donors (Lipinski definition) is 2. The Morgan fingerprint density at radius 1 is 0.913 bits per heavy atom. The predicted molar refractivity (Wildman–Crippen MR) is 90.0 cm³/mol. The van der Waals surface area contributed by atoms with Crippen molar-refractivity contribution in [2.24, 2.45) is 0 Å². The van der Waals surface area contributed by atoms with Crippen molar-refractivity contribution in [2.75, 3.05) is 5.32 Å². The number of phenolic OH excluding ortho intramolecular Hbond substituents is 1. The number of hydrogen-bond acceptors (Lipinski definition) is 3. The number of carbonyl (C=O) groups is 2. The molecule has 2 N–H and O–H groups in total. The molecule has 0 aliphatic heterocycles. The molecule has 4 nitrogen and oxygen atoms in total. The van der Waals surface area contributed by atoms with Gasteiger partial charge in [-0.15, -0.1) is 0 Å². The summed E-state index contributed by atoms with van der Waals surface area (Å²) < 4.78 is 0. The zero-order chi connectivity index (χ0) is 16.4. The fourth-order valence-electron chi connectivity index (χ4n) is 2.40. The summed E-state index contributed by atoms with van der Waals surface area (Å²) in [6, 6.07) is 17.4. The van der Waals surface area contributed by atoms with E-state index in [9.17, 15) is 14.7 Å². The number of phenols is 1. The molecule has 3 rings (SSSR count). The summed E-state index contributed by atoms with van der Waals surface area (Å²) in [6.07, 6.45) is 0. The van der Waals surface area contributed by atoms with Crippen LogP contribution in [0.1, 0.15) is 27.6 Å². The molecule has 0 saturated heterocycles. The SMILES string of the molecule is CC(=O)c1ccc(NC(=O)c2cc3ccccc3cc2O)cc1. The monoisotopic (exact) mass is 305 g/mol. The predicted octanol–water partition coefficient (Wildman–Crippen LogP) is 4.00. The zero-order valence-corrected chi connectivity index (χ0v) is 12.5. The topological polar surface area (TPSA) is 66.4 Å². The third-order valence-corrected chi connectivity index (χ3v) is 3.66. The molecule has 0 aromatic heterocycles. The van der Waals surface area contributed by atoms with Crippen LogP contribution in [0.3, 0.4) is 0 Å². The summed E-state index contributed by atoms with van der Waals surface area (Å²) in [6.45, 7) is 1.49. The Bertz CT molecular complexity index is 898. The number of amides is 1. The van der Waals surface area contributed by atoms with Crippen LogP contribution < -0.4 is 5.32 Å². The molecule has 0 heterocycles. The van der Waals surface area contributed by atoms with E-state index in [0.29, 0.717) is 11.3 Å².